The fourth-order valence-electron chi connectivity index (χ4n) is 3.30. The zero-order valence-corrected chi connectivity index (χ0v) is 15.8. The van der Waals surface area contributed by atoms with E-state index in [0.29, 0.717) is 26.2 Å². The Morgan fingerprint density at radius 2 is 1.52 bits per heavy atom. The number of benzene rings is 2. The lowest BCUT2D eigenvalue weighted by Crippen LogP contribution is -2.51. The van der Waals surface area contributed by atoms with Gasteiger partial charge in [-0.15, -0.1) is 0 Å². The Hall–Kier alpha value is -2.66. The second-order valence-corrected chi connectivity index (χ2v) is 7.05. The summed E-state index contributed by atoms with van der Waals surface area (Å²) in [6.07, 6.45) is 0. The Morgan fingerprint density at radius 3 is 2.15 bits per heavy atom. The van der Waals surface area contributed by atoms with Crippen molar-refractivity contribution in [3.8, 4) is 0 Å². The van der Waals surface area contributed by atoms with Crippen LogP contribution in [0.5, 0.6) is 0 Å². The number of nitrogens with zero attached hydrogens (tertiary/aromatic N) is 2. The summed E-state index contributed by atoms with van der Waals surface area (Å²) in [5.74, 6) is 0.396. The lowest BCUT2D eigenvalue weighted by molar-refractivity contribution is -0.122. The molecule has 1 aliphatic rings. The Morgan fingerprint density at radius 1 is 0.926 bits per heavy atom. The van der Waals surface area contributed by atoms with E-state index in [-0.39, 0.29) is 17.7 Å². The van der Waals surface area contributed by atoms with E-state index in [9.17, 15) is 9.59 Å². The molecule has 142 valence electrons. The van der Waals surface area contributed by atoms with Gasteiger partial charge in [0.15, 0.2) is 0 Å². The van der Waals surface area contributed by atoms with Crippen molar-refractivity contribution in [2.45, 2.75) is 12.8 Å². The van der Waals surface area contributed by atoms with E-state index in [1.807, 2.05) is 53.4 Å². The van der Waals surface area contributed by atoms with Gasteiger partial charge >= 0.3 is 0 Å². The smallest absolute Gasteiger partial charge is 0.253 e. The number of hydrogen-bond donors (Lipinski definition) is 1. The van der Waals surface area contributed by atoms with Gasteiger partial charge in [-0.25, -0.2) is 0 Å². The highest BCUT2D eigenvalue weighted by Crippen LogP contribution is 2.13. The van der Waals surface area contributed by atoms with Gasteiger partial charge in [0.25, 0.3) is 5.91 Å². The molecule has 1 fully saturated rings. The summed E-state index contributed by atoms with van der Waals surface area (Å²) in [5.41, 5.74) is 1.95. The second kappa shape index (κ2) is 9.33. The minimum atomic E-state index is 0.0422. The normalized spacial score (nSPS) is 16.0. The van der Waals surface area contributed by atoms with Gasteiger partial charge in [0.1, 0.15) is 0 Å². The minimum Gasteiger partial charge on any atom is -0.354 e. The number of nitrogens with one attached hydrogen (secondary N) is 1. The molecule has 1 heterocycles. The predicted octanol–water partition coefficient (Wildman–Crippen LogP) is 2.36. The van der Waals surface area contributed by atoms with E-state index in [4.69, 9.17) is 0 Å². The van der Waals surface area contributed by atoms with Gasteiger partial charge in [-0.2, -0.15) is 0 Å². The molecule has 3 rings (SSSR count). The van der Waals surface area contributed by atoms with Crippen LogP contribution in [0.25, 0.3) is 0 Å². The minimum absolute atomic E-state index is 0.0422. The highest BCUT2D eigenvalue weighted by molar-refractivity contribution is 5.94. The van der Waals surface area contributed by atoms with E-state index in [1.165, 1.54) is 5.56 Å². The van der Waals surface area contributed by atoms with Gasteiger partial charge in [-0.3, -0.25) is 14.5 Å². The van der Waals surface area contributed by atoms with Crippen molar-refractivity contribution in [3.05, 3.63) is 71.8 Å². The topological polar surface area (TPSA) is 52.7 Å². The van der Waals surface area contributed by atoms with Crippen molar-refractivity contribution in [1.82, 2.24) is 15.1 Å². The van der Waals surface area contributed by atoms with Crippen LogP contribution in [0.4, 0.5) is 0 Å². The fourth-order valence-corrected chi connectivity index (χ4v) is 3.30. The van der Waals surface area contributed by atoms with E-state index in [0.717, 1.165) is 18.7 Å². The molecule has 5 nitrogen and oxygen atoms in total. The first-order valence-electron chi connectivity index (χ1n) is 9.52. The second-order valence-electron chi connectivity index (χ2n) is 7.05. The molecule has 0 aliphatic carbocycles. The third-order valence-electron chi connectivity index (χ3n) is 5.02. The zero-order chi connectivity index (χ0) is 19.1. The molecule has 0 saturated carbocycles. The SMILES string of the molecule is C[C@H](CNC(=O)CN1CCN(C(=O)c2ccccc2)CC1)c1ccccc1. The van der Waals surface area contributed by atoms with Crippen molar-refractivity contribution < 1.29 is 9.59 Å². The summed E-state index contributed by atoms with van der Waals surface area (Å²) >= 11 is 0. The van der Waals surface area contributed by atoms with Gasteiger partial charge in [0, 0.05) is 38.3 Å². The largest absolute Gasteiger partial charge is 0.354 e. The molecule has 5 heteroatoms. The first-order valence-corrected chi connectivity index (χ1v) is 9.52. The summed E-state index contributed by atoms with van der Waals surface area (Å²) in [4.78, 5) is 28.7. The fraction of sp³-hybridized carbons (Fsp3) is 0.364. The van der Waals surface area contributed by atoms with Gasteiger partial charge < -0.3 is 10.2 Å². The Labute approximate surface area is 161 Å². The summed E-state index contributed by atoms with van der Waals surface area (Å²) in [7, 11) is 0. The summed E-state index contributed by atoms with van der Waals surface area (Å²) in [6.45, 7) is 5.89. The maximum Gasteiger partial charge on any atom is 0.253 e. The van der Waals surface area contributed by atoms with E-state index < -0.39 is 0 Å². The van der Waals surface area contributed by atoms with Crippen LogP contribution in [0, 0.1) is 0 Å². The number of piperazine rings is 1. The van der Waals surface area contributed by atoms with Crippen LogP contribution in [-0.4, -0.2) is 60.9 Å². The average Bonchev–Trinajstić information content (AvgIpc) is 2.73. The number of carbonyl (C=O) groups excluding carboxylic acids is 2. The number of rotatable bonds is 6. The molecule has 1 atom stereocenters. The lowest BCUT2D eigenvalue weighted by atomic mass is 10.0. The molecule has 1 saturated heterocycles. The van der Waals surface area contributed by atoms with Gasteiger partial charge in [0.05, 0.1) is 6.54 Å². The first kappa shape index (κ1) is 19.1. The monoisotopic (exact) mass is 365 g/mol. The molecule has 2 aromatic carbocycles. The molecule has 1 aliphatic heterocycles. The maximum atomic E-state index is 12.5. The summed E-state index contributed by atoms with van der Waals surface area (Å²) < 4.78 is 0. The Bertz CT molecular complexity index is 741. The van der Waals surface area contributed by atoms with Crippen LogP contribution < -0.4 is 5.32 Å². The Kier molecular flexibility index (Phi) is 6.60. The van der Waals surface area contributed by atoms with Crippen LogP contribution in [0.15, 0.2) is 60.7 Å². The third kappa shape index (κ3) is 5.41. The zero-order valence-electron chi connectivity index (χ0n) is 15.8. The van der Waals surface area contributed by atoms with Crippen molar-refractivity contribution in [2.75, 3.05) is 39.3 Å². The van der Waals surface area contributed by atoms with Crippen LogP contribution in [0.1, 0.15) is 28.8 Å². The van der Waals surface area contributed by atoms with E-state index in [1.54, 1.807) is 0 Å². The highest BCUT2D eigenvalue weighted by atomic mass is 16.2. The molecular formula is C22H27N3O2. The number of carbonyl (C=O) groups is 2. The van der Waals surface area contributed by atoms with Crippen LogP contribution in [0.3, 0.4) is 0 Å². The molecule has 0 unspecified atom stereocenters. The molecule has 27 heavy (non-hydrogen) atoms. The Balaban J connectivity index is 1.40. The van der Waals surface area contributed by atoms with Crippen LogP contribution >= 0.6 is 0 Å². The van der Waals surface area contributed by atoms with Gasteiger partial charge in [-0.1, -0.05) is 55.5 Å². The van der Waals surface area contributed by atoms with Crippen molar-refractivity contribution in [2.24, 2.45) is 0 Å². The molecule has 0 bridgehead atoms. The highest BCUT2D eigenvalue weighted by Gasteiger charge is 2.23. The van der Waals surface area contributed by atoms with Crippen LogP contribution in [-0.2, 0) is 4.79 Å². The van der Waals surface area contributed by atoms with Gasteiger partial charge in [-0.05, 0) is 23.6 Å². The maximum absolute atomic E-state index is 12.5. The van der Waals surface area contributed by atoms with Crippen molar-refractivity contribution >= 4 is 11.8 Å². The third-order valence-corrected chi connectivity index (χ3v) is 5.02. The molecule has 2 amide bonds. The summed E-state index contributed by atoms with van der Waals surface area (Å²) in [5, 5.41) is 3.03. The van der Waals surface area contributed by atoms with Gasteiger partial charge in [0.2, 0.25) is 5.91 Å². The predicted molar refractivity (Wildman–Crippen MR) is 107 cm³/mol. The standard InChI is InChI=1S/C22H27N3O2/c1-18(19-8-4-2-5-9-19)16-23-21(26)17-24-12-14-25(15-13-24)22(27)20-10-6-3-7-11-20/h2-11,18H,12-17H2,1H3,(H,23,26)/t18-/m1/s1. The number of amides is 2. The van der Waals surface area contributed by atoms with Crippen molar-refractivity contribution in [3.63, 3.8) is 0 Å². The average molecular weight is 365 g/mol. The molecule has 1 N–H and O–H groups in total. The lowest BCUT2D eigenvalue weighted by Gasteiger charge is -2.34. The van der Waals surface area contributed by atoms with E-state index in [2.05, 4.69) is 29.3 Å². The molecule has 0 radical (unpaired) electrons. The van der Waals surface area contributed by atoms with E-state index >= 15 is 0 Å². The molecule has 2 aromatic rings. The quantitative estimate of drug-likeness (QED) is 0.855. The molecule has 0 aromatic heterocycles. The first-order chi connectivity index (χ1) is 13.1. The molecular weight excluding hydrogens is 338 g/mol. The van der Waals surface area contributed by atoms with Crippen molar-refractivity contribution in [1.29, 1.82) is 0 Å². The summed E-state index contributed by atoms with van der Waals surface area (Å²) in [6, 6.07) is 19.6. The number of hydrogen-bond acceptors (Lipinski definition) is 3. The van der Waals surface area contributed by atoms with Crippen LogP contribution in [0.2, 0.25) is 0 Å². The molecule has 0 spiro atoms.